The predicted octanol–water partition coefficient (Wildman–Crippen LogP) is 0.904. The SMILES string of the molecule is CC(C)S(=O)(=O)OC1CC1. The lowest BCUT2D eigenvalue weighted by atomic mass is 10.6. The van der Waals surface area contributed by atoms with Crippen molar-refractivity contribution >= 4 is 10.1 Å². The molecule has 0 aromatic rings. The maximum Gasteiger partial charge on any atom is 0.269 e. The summed E-state index contributed by atoms with van der Waals surface area (Å²) < 4.78 is 26.7. The number of rotatable bonds is 3. The molecule has 1 rings (SSSR count). The third-order valence-electron chi connectivity index (χ3n) is 1.37. The van der Waals surface area contributed by atoms with Crippen LogP contribution < -0.4 is 0 Å². The second kappa shape index (κ2) is 2.51. The Labute approximate surface area is 61.5 Å². The van der Waals surface area contributed by atoms with E-state index in [1.807, 2.05) is 0 Å². The Kier molecular flexibility index (Phi) is 2.01. The van der Waals surface area contributed by atoms with Crippen LogP contribution in [0.15, 0.2) is 0 Å². The Hall–Kier alpha value is -0.0900. The average Bonchev–Trinajstić information content (AvgIpc) is 2.48. The van der Waals surface area contributed by atoms with Crippen molar-refractivity contribution in [1.29, 1.82) is 0 Å². The highest BCUT2D eigenvalue weighted by Gasteiger charge is 2.30. The fourth-order valence-electron chi connectivity index (χ4n) is 0.465. The van der Waals surface area contributed by atoms with Crippen LogP contribution in [0.2, 0.25) is 0 Å². The summed E-state index contributed by atoms with van der Waals surface area (Å²) in [6, 6.07) is 0. The van der Waals surface area contributed by atoms with Crippen molar-refractivity contribution < 1.29 is 12.6 Å². The van der Waals surface area contributed by atoms with E-state index >= 15 is 0 Å². The first-order valence-corrected chi connectivity index (χ1v) is 4.91. The fraction of sp³-hybridized carbons (Fsp3) is 1.00. The Balaban J connectivity index is 2.50. The summed E-state index contributed by atoms with van der Waals surface area (Å²) in [5.41, 5.74) is 0. The van der Waals surface area contributed by atoms with Crippen molar-refractivity contribution in [2.45, 2.75) is 38.0 Å². The zero-order chi connectivity index (χ0) is 7.78. The van der Waals surface area contributed by atoms with Gasteiger partial charge in [-0.2, -0.15) is 8.42 Å². The van der Waals surface area contributed by atoms with Crippen LogP contribution in [-0.4, -0.2) is 19.8 Å². The number of hydrogen-bond acceptors (Lipinski definition) is 3. The molecule has 0 aliphatic heterocycles. The zero-order valence-corrected chi connectivity index (χ0v) is 7.02. The molecule has 1 aliphatic carbocycles. The van der Waals surface area contributed by atoms with Gasteiger partial charge in [0.15, 0.2) is 0 Å². The summed E-state index contributed by atoms with van der Waals surface area (Å²) in [5, 5.41) is -0.409. The average molecular weight is 164 g/mol. The molecule has 0 aromatic carbocycles. The first kappa shape index (κ1) is 8.01. The summed E-state index contributed by atoms with van der Waals surface area (Å²) in [6.07, 6.45) is 1.78. The summed E-state index contributed by atoms with van der Waals surface area (Å²) in [6.45, 7) is 3.25. The van der Waals surface area contributed by atoms with Crippen LogP contribution in [0, 0.1) is 0 Å². The van der Waals surface area contributed by atoms with Gasteiger partial charge in [-0.3, -0.25) is 4.18 Å². The topological polar surface area (TPSA) is 43.4 Å². The molecule has 60 valence electrons. The Morgan fingerprint density at radius 3 is 2.20 bits per heavy atom. The summed E-state index contributed by atoms with van der Waals surface area (Å²) in [5.74, 6) is 0. The van der Waals surface area contributed by atoms with E-state index in [0.29, 0.717) is 0 Å². The van der Waals surface area contributed by atoms with Crippen molar-refractivity contribution in [3.63, 3.8) is 0 Å². The van der Waals surface area contributed by atoms with Crippen LogP contribution in [0.3, 0.4) is 0 Å². The minimum absolute atomic E-state index is 0.00704. The van der Waals surface area contributed by atoms with Crippen molar-refractivity contribution in [2.75, 3.05) is 0 Å². The highest BCUT2D eigenvalue weighted by molar-refractivity contribution is 7.87. The summed E-state index contributed by atoms with van der Waals surface area (Å²) >= 11 is 0. The van der Waals surface area contributed by atoms with Gasteiger partial charge in [-0.1, -0.05) is 0 Å². The highest BCUT2D eigenvalue weighted by atomic mass is 32.2. The molecule has 1 saturated carbocycles. The van der Waals surface area contributed by atoms with Crippen molar-refractivity contribution in [2.24, 2.45) is 0 Å². The first-order valence-electron chi connectivity index (χ1n) is 3.44. The molecule has 0 heterocycles. The van der Waals surface area contributed by atoms with Crippen LogP contribution in [-0.2, 0) is 14.3 Å². The molecule has 0 aromatic heterocycles. The van der Waals surface area contributed by atoms with E-state index in [9.17, 15) is 8.42 Å². The summed E-state index contributed by atoms with van der Waals surface area (Å²) in [7, 11) is -3.23. The second-order valence-electron chi connectivity index (χ2n) is 2.84. The van der Waals surface area contributed by atoms with Gasteiger partial charge >= 0.3 is 0 Å². The normalized spacial score (nSPS) is 19.9. The molecule has 0 bridgehead atoms. The highest BCUT2D eigenvalue weighted by Crippen LogP contribution is 2.26. The first-order chi connectivity index (χ1) is 4.52. The molecule has 1 fully saturated rings. The third kappa shape index (κ3) is 1.95. The Bertz CT molecular complexity index is 201. The lowest BCUT2D eigenvalue weighted by molar-refractivity contribution is 0.301. The van der Waals surface area contributed by atoms with E-state index < -0.39 is 15.4 Å². The van der Waals surface area contributed by atoms with Crippen LogP contribution in [0.1, 0.15) is 26.7 Å². The van der Waals surface area contributed by atoms with E-state index in [0.717, 1.165) is 12.8 Å². The van der Waals surface area contributed by atoms with Gasteiger partial charge in [-0.25, -0.2) is 0 Å². The molecule has 3 nitrogen and oxygen atoms in total. The minimum atomic E-state index is -3.23. The lowest BCUT2D eigenvalue weighted by Crippen LogP contribution is -2.17. The molecule has 4 heteroatoms. The van der Waals surface area contributed by atoms with Crippen molar-refractivity contribution in [3.05, 3.63) is 0 Å². The van der Waals surface area contributed by atoms with E-state index in [1.54, 1.807) is 13.8 Å². The van der Waals surface area contributed by atoms with Crippen molar-refractivity contribution in [1.82, 2.24) is 0 Å². The molecule has 0 saturated heterocycles. The second-order valence-corrected chi connectivity index (χ2v) is 4.96. The van der Waals surface area contributed by atoms with Gasteiger partial charge in [0.05, 0.1) is 11.4 Å². The fourth-order valence-corrected chi connectivity index (χ4v) is 1.26. The van der Waals surface area contributed by atoms with Crippen molar-refractivity contribution in [3.8, 4) is 0 Å². The smallest absolute Gasteiger partial charge is 0.267 e. The van der Waals surface area contributed by atoms with Gasteiger partial charge in [0.2, 0.25) is 0 Å². The summed E-state index contributed by atoms with van der Waals surface area (Å²) in [4.78, 5) is 0. The van der Waals surface area contributed by atoms with E-state index in [-0.39, 0.29) is 6.10 Å². The Morgan fingerprint density at radius 2 is 1.90 bits per heavy atom. The van der Waals surface area contributed by atoms with Gasteiger partial charge in [0.1, 0.15) is 0 Å². The molecule has 10 heavy (non-hydrogen) atoms. The zero-order valence-electron chi connectivity index (χ0n) is 6.20. The lowest BCUT2D eigenvalue weighted by Gasteiger charge is -2.05. The molecule has 0 spiro atoms. The maximum absolute atomic E-state index is 11.0. The third-order valence-corrected chi connectivity index (χ3v) is 3.07. The minimum Gasteiger partial charge on any atom is -0.267 e. The van der Waals surface area contributed by atoms with Crippen LogP contribution in [0.5, 0.6) is 0 Å². The monoisotopic (exact) mass is 164 g/mol. The quantitative estimate of drug-likeness (QED) is 0.582. The molecule has 0 N–H and O–H groups in total. The number of hydrogen-bond donors (Lipinski definition) is 0. The van der Waals surface area contributed by atoms with E-state index in [4.69, 9.17) is 4.18 Å². The molecule has 1 aliphatic rings. The predicted molar refractivity (Wildman–Crippen MR) is 38.2 cm³/mol. The van der Waals surface area contributed by atoms with Gasteiger partial charge < -0.3 is 0 Å². The van der Waals surface area contributed by atoms with Gasteiger partial charge in [-0.15, -0.1) is 0 Å². The molecule has 0 unspecified atom stereocenters. The van der Waals surface area contributed by atoms with Crippen LogP contribution in [0.4, 0.5) is 0 Å². The molecule has 0 radical (unpaired) electrons. The standard InChI is InChI=1S/C6H12O3S/c1-5(2)10(7,8)9-6-3-4-6/h5-6H,3-4H2,1-2H3. The molecular formula is C6H12O3S. The van der Waals surface area contributed by atoms with Crippen LogP contribution >= 0.6 is 0 Å². The largest absolute Gasteiger partial charge is 0.269 e. The van der Waals surface area contributed by atoms with E-state index in [2.05, 4.69) is 0 Å². The Morgan fingerprint density at radius 1 is 1.40 bits per heavy atom. The molecule has 0 atom stereocenters. The van der Waals surface area contributed by atoms with E-state index in [1.165, 1.54) is 0 Å². The van der Waals surface area contributed by atoms with Gasteiger partial charge in [0.25, 0.3) is 10.1 Å². The van der Waals surface area contributed by atoms with Crippen LogP contribution in [0.25, 0.3) is 0 Å². The van der Waals surface area contributed by atoms with Gasteiger partial charge in [0, 0.05) is 0 Å². The molecular weight excluding hydrogens is 152 g/mol. The van der Waals surface area contributed by atoms with Gasteiger partial charge in [-0.05, 0) is 26.7 Å². The molecule has 0 amide bonds. The maximum atomic E-state index is 11.0.